The molecule has 10 heavy (non-hydrogen) atoms. The average Bonchev–Trinajstić information content (AvgIpc) is 2.12. The van der Waals surface area contributed by atoms with Gasteiger partial charge in [0.1, 0.15) is 5.75 Å². The summed E-state index contributed by atoms with van der Waals surface area (Å²) < 4.78 is 28.9. The maximum Gasteiger partial charge on any atom is 0.269 e. The minimum absolute atomic E-state index is 0.273. The third kappa shape index (κ3) is 2.47. The summed E-state index contributed by atoms with van der Waals surface area (Å²) in [7, 11) is -3.84. The molecule has 0 aliphatic rings. The maximum absolute atomic E-state index is 10.3. The lowest BCUT2D eigenvalue weighted by Gasteiger charge is -1.89. The third-order valence-corrected chi connectivity index (χ3v) is 2.64. The second kappa shape index (κ2) is 2.69. The highest BCUT2D eigenvalue weighted by Gasteiger charge is 2.05. The van der Waals surface area contributed by atoms with Gasteiger partial charge in [0.25, 0.3) is 10.1 Å². The van der Waals surface area contributed by atoms with Crippen molar-refractivity contribution in [3.8, 4) is 0 Å². The van der Waals surface area contributed by atoms with E-state index in [0.717, 1.165) is 0 Å². The Bertz CT molecular complexity index is 285. The van der Waals surface area contributed by atoms with Gasteiger partial charge in [0.05, 0.1) is 0 Å². The van der Waals surface area contributed by atoms with Crippen molar-refractivity contribution in [2.45, 2.75) is 5.75 Å². The van der Waals surface area contributed by atoms with Crippen LogP contribution in [-0.4, -0.2) is 13.0 Å². The van der Waals surface area contributed by atoms with Crippen molar-refractivity contribution in [2.24, 2.45) is 0 Å². The van der Waals surface area contributed by atoms with Crippen LogP contribution in [0.3, 0.4) is 0 Å². The lowest BCUT2D eigenvalue weighted by atomic mass is 10.5. The Morgan fingerprint density at radius 1 is 1.60 bits per heavy atom. The van der Waals surface area contributed by atoms with E-state index in [0.29, 0.717) is 4.88 Å². The van der Waals surface area contributed by atoms with E-state index in [2.05, 4.69) is 0 Å². The van der Waals surface area contributed by atoms with Gasteiger partial charge in [-0.15, -0.1) is 11.3 Å². The summed E-state index contributed by atoms with van der Waals surface area (Å²) in [5.41, 5.74) is 0. The summed E-state index contributed by atoms with van der Waals surface area (Å²) in [6.07, 6.45) is 0. The van der Waals surface area contributed by atoms with Gasteiger partial charge in [0, 0.05) is 4.88 Å². The summed E-state index contributed by atoms with van der Waals surface area (Å²) in [6, 6.07) is 3.41. The molecule has 0 aliphatic heterocycles. The molecular formula is C5H6O3S2. The standard InChI is InChI=1S/C5H6O3S2/c6-10(7,8)4-5-2-1-3-9-5/h1-3H,4H2,(H,6,7,8). The highest BCUT2D eigenvalue weighted by Crippen LogP contribution is 2.11. The van der Waals surface area contributed by atoms with Crippen molar-refractivity contribution in [3.05, 3.63) is 22.4 Å². The van der Waals surface area contributed by atoms with Gasteiger partial charge < -0.3 is 0 Å². The van der Waals surface area contributed by atoms with Gasteiger partial charge in [-0.1, -0.05) is 6.07 Å². The Labute approximate surface area is 63.1 Å². The van der Waals surface area contributed by atoms with E-state index in [4.69, 9.17) is 4.55 Å². The van der Waals surface area contributed by atoms with Crippen molar-refractivity contribution < 1.29 is 13.0 Å². The molecule has 0 bridgehead atoms. The van der Waals surface area contributed by atoms with Gasteiger partial charge in [-0.05, 0) is 11.4 Å². The van der Waals surface area contributed by atoms with Gasteiger partial charge in [-0.2, -0.15) is 8.42 Å². The first-order valence-corrected chi connectivity index (χ1v) is 5.04. The molecule has 0 unspecified atom stereocenters. The zero-order chi connectivity index (χ0) is 7.61. The molecule has 3 nitrogen and oxygen atoms in total. The lowest BCUT2D eigenvalue weighted by molar-refractivity contribution is 0.482. The molecule has 0 atom stereocenters. The SMILES string of the molecule is O=S(=O)(O)Cc1cccs1. The zero-order valence-electron chi connectivity index (χ0n) is 5.02. The zero-order valence-corrected chi connectivity index (χ0v) is 6.65. The van der Waals surface area contributed by atoms with Crippen LogP contribution >= 0.6 is 11.3 Å². The summed E-state index contributed by atoms with van der Waals surface area (Å²) in [4.78, 5) is 0.655. The van der Waals surface area contributed by atoms with E-state index in [1.54, 1.807) is 17.5 Å². The van der Waals surface area contributed by atoms with E-state index in [1.807, 2.05) is 0 Å². The van der Waals surface area contributed by atoms with E-state index in [-0.39, 0.29) is 5.75 Å². The molecule has 0 fully saturated rings. The Hall–Kier alpha value is -0.390. The van der Waals surface area contributed by atoms with Gasteiger partial charge in [0.15, 0.2) is 0 Å². The fourth-order valence-electron chi connectivity index (χ4n) is 0.574. The fraction of sp³-hybridized carbons (Fsp3) is 0.200. The van der Waals surface area contributed by atoms with Crippen LogP contribution in [0.2, 0.25) is 0 Å². The molecule has 0 aliphatic carbocycles. The Morgan fingerprint density at radius 2 is 2.30 bits per heavy atom. The van der Waals surface area contributed by atoms with Crippen molar-refractivity contribution >= 4 is 21.5 Å². The monoisotopic (exact) mass is 178 g/mol. The minimum Gasteiger partial charge on any atom is -0.285 e. The molecule has 0 amide bonds. The van der Waals surface area contributed by atoms with Crippen LogP contribution in [0.15, 0.2) is 17.5 Å². The van der Waals surface area contributed by atoms with Gasteiger partial charge in [-0.25, -0.2) is 0 Å². The molecule has 1 heterocycles. The van der Waals surface area contributed by atoms with Crippen molar-refractivity contribution in [1.82, 2.24) is 0 Å². The van der Waals surface area contributed by atoms with Crippen LogP contribution in [-0.2, 0) is 15.9 Å². The van der Waals surface area contributed by atoms with E-state index in [9.17, 15) is 8.42 Å². The van der Waals surface area contributed by atoms with Crippen LogP contribution in [0.1, 0.15) is 4.88 Å². The number of thiophene rings is 1. The first kappa shape index (κ1) is 7.71. The van der Waals surface area contributed by atoms with Crippen LogP contribution in [0.25, 0.3) is 0 Å². The molecule has 0 saturated carbocycles. The highest BCUT2D eigenvalue weighted by molar-refractivity contribution is 7.85. The van der Waals surface area contributed by atoms with E-state index in [1.165, 1.54) is 11.3 Å². The fourth-order valence-corrected chi connectivity index (χ4v) is 2.24. The first-order valence-electron chi connectivity index (χ1n) is 2.55. The molecule has 0 spiro atoms. The predicted octanol–water partition coefficient (Wildman–Crippen LogP) is 1.14. The minimum atomic E-state index is -3.84. The molecule has 0 aromatic carbocycles. The number of hydrogen-bond donors (Lipinski definition) is 1. The Morgan fingerprint density at radius 3 is 2.70 bits per heavy atom. The highest BCUT2D eigenvalue weighted by atomic mass is 32.2. The van der Waals surface area contributed by atoms with Gasteiger partial charge in [0.2, 0.25) is 0 Å². The summed E-state index contributed by atoms with van der Waals surface area (Å²) >= 11 is 1.31. The Kier molecular flexibility index (Phi) is 2.08. The maximum atomic E-state index is 10.3. The molecule has 0 radical (unpaired) electrons. The molecule has 1 aromatic rings. The van der Waals surface area contributed by atoms with Crippen LogP contribution in [0, 0.1) is 0 Å². The molecule has 5 heteroatoms. The quantitative estimate of drug-likeness (QED) is 0.691. The first-order chi connectivity index (χ1) is 4.58. The van der Waals surface area contributed by atoms with Crippen LogP contribution in [0.5, 0.6) is 0 Å². The lowest BCUT2D eigenvalue weighted by Crippen LogP contribution is -1.99. The molecular weight excluding hydrogens is 172 g/mol. The Balaban J connectivity index is 2.75. The van der Waals surface area contributed by atoms with Crippen molar-refractivity contribution in [3.63, 3.8) is 0 Å². The molecule has 0 saturated heterocycles. The van der Waals surface area contributed by atoms with Gasteiger partial charge in [-0.3, -0.25) is 4.55 Å². The summed E-state index contributed by atoms with van der Waals surface area (Å²) in [6.45, 7) is 0. The smallest absolute Gasteiger partial charge is 0.269 e. The second-order valence-corrected chi connectivity index (χ2v) is 4.29. The molecule has 56 valence electrons. The predicted molar refractivity (Wildman–Crippen MR) is 39.6 cm³/mol. The van der Waals surface area contributed by atoms with E-state index >= 15 is 0 Å². The summed E-state index contributed by atoms with van der Waals surface area (Å²) in [5, 5.41) is 1.76. The normalized spacial score (nSPS) is 11.7. The van der Waals surface area contributed by atoms with Crippen molar-refractivity contribution in [1.29, 1.82) is 0 Å². The average molecular weight is 178 g/mol. The number of hydrogen-bond acceptors (Lipinski definition) is 3. The molecule has 1 N–H and O–H groups in total. The third-order valence-electron chi connectivity index (χ3n) is 0.905. The van der Waals surface area contributed by atoms with Crippen LogP contribution < -0.4 is 0 Å². The van der Waals surface area contributed by atoms with E-state index < -0.39 is 10.1 Å². The molecule has 1 aromatic heterocycles. The van der Waals surface area contributed by atoms with Gasteiger partial charge >= 0.3 is 0 Å². The van der Waals surface area contributed by atoms with Crippen molar-refractivity contribution in [2.75, 3.05) is 0 Å². The number of rotatable bonds is 2. The largest absolute Gasteiger partial charge is 0.285 e. The second-order valence-electron chi connectivity index (χ2n) is 1.81. The topological polar surface area (TPSA) is 54.4 Å². The molecule has 1 rings (SSSR count). The summed E-state index contributed by atoms with van der Waals surface area (Å²) in [5.74, 6) is -0.273. The van der Waals surface area contributed by atoms with Crippen LogP contribution in [0.4, 0.5) is 0 Å².